The smallest absolute Gasteiger partial charge is 0.262 e. The summed E-state index contributed by atoms with van der Waals surface area (Å²) >= 11 is 0. The Balaban J connectivity index is 1.87. The van der Waals surface area contributed by atoms with Crippen LogP contribution in [0.2, 0.25) is 0 Å². The number of nitrogens with one attached hydrogen (secondary N) is 1. The molecule has 1 N–H and O–H groups in total. The van der Waals surface area contributed by atoms with Crippen molar-refractivity contribution in [3.63, 3.8) is 0 Å². The number of anilines is 1. The minimum atomic E-state index is -0.598. The van der Waals surface area contributed by atoms with Crippen molar-refractivity contribution >= 4 is 11.6 Å². The van der Waals surface area contributed by atoms with Crippen molar-refractivity contribution in [3.8, 4) is 11.4 Å². The van der Waals surface area contributed by atoms with Crippen molar-refractivity contribution < 1.29 is 13.9 Å². The summed E-state index contributed by atoms with van der Waals surface area (Å²) in [5, 5.41) is 2.61. The minimum absolute atomic E-state index is 0.0559. The molecule has 0 spiro atoms. The SMILES string of the molecule is O=C1COc2cc(F)c(-n3cnc4c(c3=O)CCCC4)cc2N1. The normalized spacial score (nSPS) is 16.1. The molecular formula is C16H14FN3O3. The minimum Gasteiger partial charge on any atom is -0.481 e. The van der Waals surface area contributed by atoms with Crippen LogP contribution in [-0.2, 0) is 17.6 Å². The van der Waals surface area contributed by atoms with Crippen LogP contribution in [0.4, 0.5) is 10.1 Å². The van der Waals surface area contributed by atoms with Crippen LogP contribution in [0, 0.1) is 5.82 Å². The molecule has 0 unspecified atom stereocenters. The zero-order chi connectivity index (χ0) is 16.0. The molecule has 4 rings (SSSR count). The summed E-state index contributed by atoms with van der Waals surface area (Å²) in [6.45, 7) is -0.147. The molecule has 23 heavy (non-hydrogen) atoms. The number of benzene rings is 1. The Morgan fingerprint density at radius 1 is 1.22 bits per heavy atom. The van der Waals surface area contributed by atoms with Crippen LogP contribution in [0.15, 0.2) is 23.3 Å². The topological polar surface area (TPSA) is 73.2 Å². The molecule has 0 bridgehead atoms. The lowest BCUT2D eigenvalue weighted by Crippen LogP contribution is -2.29. The fraction of sp³-hybridized carbons (Fsp3) is 0.312. The Morgan fingerprint density at radius 2 is 2.04 bits per heavy atom. The second-order valence-electron chi connectivity index (χ2n) is 5.69. The van der Waals surface area contributed by atoms with Crippen molar-refractivity contribution in [1.29, 1.82) is 0 Å². The maximum Gasteiger partial charge on any atom is 0.262 e. The number of nitrogens with zero attached hydrogens (tertiary/aromatic N) is 2. The number of aryl methyl sites for hydroxylation is 1. The van der Waals surface area contributed by atoms with E-state index >= 15 is 0 Å². The van der Waals surface area contributed by atoms with E-state index in [1.807, 2.05) is 0 Å². The van der Waals surface area contributed by atoms with Crippen LogP contribution in [0.1, 0.15) is 24.1 Å². The highest BCUT2D eigenvalue weighted by Gasteiger charge is 2.22. The van der Waals surface area contributed by atoms with E-state index in [0.29, 0.717) is 17.7 Å². The summed E-state index contributed by atoms with van der Waals surface area (Å²) in [6, 6.07) is 2.58. The quantitative estimate of drug-likeness (QED) is 0.867. The number of hydrogen-bond donors (Lipinski definition) is 1. The molecule has 2 heterocycles. The second-order valence-corrected chi connectivity index (χ2v) is 5.69. The van der Waals surface area contributed by atoms with Crippen LogP contribution in [-0.4, -0.2) is 22.1 Å². The second kappa shape index (κ2) is 5.19. The van der Waals surface area contributed by atoms with E-state index in [9.17, 15) is 14.0 Å². The molecule has 7 heteroatoms. The van der Waals surface area contributed by atoms with Gasteiger partial charge in [0.25, 0.3) is 11.5 Å². The Bertz CT molecular complexity index is 876. The van der Waals surface area contributed by atoms with E-state index in [1.165, 1.54) is 23.0 Å². The molecule has 2 aliphatic rings. The number of amides is 1. The summed E-state index contributed by atoms with van der Waals surface area (Å²) in [5.41, 5.74) is 1.60. The molecule has 1 amide bonds. The number of ether oxygens (including phenoxy) is 1. The van der Waals surface area contributed by atoms with Gasteiger partial charge in [-0.25, -0.2) is 9.37 Å². The third kappa shape index (κ3) is 2.28. The first-order chi connectivity index (χ1) is 11.1. The predicted molar refractivity (Wildman–Crippen MR) is 80.6 cm³/mol. The van der Waals surface area contributed by atoms with Gasteiger partial charge in [-0.3, -0.25) is 14.2 Å². The van der Waals surface area contributed by atoms with Crippen LogP contribution < -0.4 is 15.6 Å². The molecule has 0 saturated heterocycles. The van der Waals surface area contributed by atoms with E-state index in [2.05, 4.69) is 10.3 Å². The third-order valence-electron chi connectivity index (χ3n) is 4.19. The molecule has 2 aromatic rings. The molecule has 0 radical (unpaired) electrons. The predicted octanol–water partition coefficient (Wildman–Crippen LogP) is 1.58. The molecule has 6 nitrogen and oxygen atoms in total. The largest absolute Gasteiger partial charge is 0.481 e. The zero-order valence-electron chi connectivity index (χ0n) is 12.3. The summed E-state index contributed by atoms with van der Waals surface area (Å²) < 4.78 is 20.8. The van der Waals surface area contributed by atoms with Crippen molar-refractivity contribution in [2.24, 2.45) is 0 Å². The van der Waals surface area contributed by atoms with Gasteiger partial charge in [0.2, 0.25) is 0 Å². The van der Waals surface area contributed by atoms with Gasteiger partial charge >= 0.3 is 0 Å². The highest BCUT2D eigenvalue weighted by atomic mass is 19.1. The molecule has 1 aromatic carbocycles. The van der Waals surface area contributed by atoms with Crippen molar-refractivity contribution in [3.05, 3.63) is 45.9 Å². The van der Waals surface area contributed by atoms with Gasteiger partial charge in [0.1, 0.15) is 12.1 Å². The van der Waals surface area contributed by atoms with Gasteiger partial charge in [-0.05, 0) is 31.7 Å². The maximum absolute atomic E-state index is 14.4. The number of fused-ring (bicyclic) bond motifs is 2. The molecule has 0 saturated carbocycles. The molecule has 0 atom stereocenters. The first kappa shape index (κ1) is 13.9. The maximum atomic E-state index is 14.4. The highest BCUT2D eigenvalue weighted by Crippen LogP contribution is 2.31. The fourth-order valence-corrected chi connectivity index (χ4v) is 3.03. The van der Waals surface area contributed by atoms with Gasteiger partial charge in [-0.2, -0.15) is 0 Å². The fourth-order valence-electron chi connectivity index (χ4n) is 3.03. The molecule has 1 aromatic heterocycles. The lowest BCUT2D eigenvalue weighted by Gasteiger charge is -2.20. The van der Waals surface area contributed by atoms with Crippen LogP contribution >= 0.6 is 0 Å². The summed E-state index contributed by atoms with van der Waals surface area (Å²) in [6.07, 6.45) is 4.74. The van der Waals surface area contributed by atoms with Crippen molar-refractivity contribution in [2.75, 3.05) is 11.9 Å². The van der Waals surface area contributed by atoms with Crippen LogP contribution in [0.5, 0.6) is 5.75 Å². The Labute approximate surface area is 130 Å². The molecule has 1 aliphatic carbocycles. The van der Waals surface area contributed by atoms with Crippen LogP contribution in [0.3, 0.4) is 0 Å². The molecular weight excluding hydrogens is 301 g/mol. The zero-order valence-corrected chi connectivity index (χ0v) is 12.3. The van der Waals surface area contributed by atoms with E-state index in [1.54, 1.807) is 0 Å². The van der Waals surface area contributed by atoms with E-state index in [0.717, 1.165) is 25.0 Å². The Morgan fingerprint density at radius 3 is 2.91 bits per heavy atom. The van der Waals surface area contributed by atoms with Gasteiger partial charge in [0, 0.05) is 11.6 Å². The number of carbonyl (C=O) groups is 1. The lowest BCUT2D eigenvalue weighted by atomic mass is 9.97. The standard InChI is InChI=1S/C16H14FN3O3/c17-10-5-14-12(19-15(21)7-23-14)6-13(10)20-8-18-11-4-2-1-3-9(11)16(20)22/h5-6,8H,1-4,7H2,(H,19,21). The molecule has 0 fully saturated rings. The number of carbonyl (C=O) groups excluding carboxylic acids is 1. The van der Waals surface area contributed by atoms with Crippen LogP contribution in [0.25, 0.3) is 5.69 Å². The summed E-state index contributed by atoms with van der Waals surface area (Å²) in [7, 11) is 0. The molecule has 1 aliphatic heterocycles. The van der Waals surface area contributed by atoms with Gasteiger partial charge in [-0.15, -0.1) is 0 Å². The van der Waals surface area contributed by atoms with E-state index in [-0.39, 0.29) is 29.5 Å². The Hall–Kier alpha value is -2.70. The number of aromatic nitrogens is 2. The number of hydrogen-bond acceptors (Lipinski definition) is 4. The number of rotatable bonds is 1. The van der Waals surface area contributed by atoms with E-state index in [4.69, 9.17) is 4.74 Å². The van der Waals surface area contributed by atoms with E-state index < -0.39 is 5.82 Å². The Kier molecular flexibility index (Phi) is 3.14. The first-order valence-corrected chi connectivity index (χ1v) is 7.49. The highest BCUT2D eigenvalue weighted by molar-refractivity contribution is 5.95. The van der Waals surface area contributed by atoms with Gasteiger partial charge < -0.3 is 10.1 Å². The molecule has 118 valence electrons. The average Bonchev–Trinajstić information content (AvgIpc) is 2.56. The van der Waals surface area contributed by atoms with Crippen molar-refractivity contribution in [1.82, 2.24) is 9.55 Å². The van der Waals surface area contributed by atoms with Crippen molar-refractivity contribution in [2.45, 2.75) is 25.7 Å². The third-order valence-corrected chi connectivity index (χ3v) is 4.19. The van der Waals surface area contributed by atoms with Gasteiger partial charge in [0.15, 0.2) is 12.4 Å². The van der Waals surface area contributed by atoms with Gasteiger partial charge in [0.05, 0.1) is 17.1 Å². The number of halogens is 1. The summed E-state index contributed by atoms with van der Waals surface area (Å²) in [5.74, 6) is -0.657. The lowest BCUT2D eigenvalue weighted by molar-refractivity contribution is -0.118. The monoisotopic (exact) mass is 315 g/mol. The first-order valence-electron chi connectivity index (χ1n) is 7.49. The average molecular weight is 315 g/mol. The van der Waals surface area contributed by atoms with Gasteiger partial charge in [-0.1, -0.05) is 0 Å². The summed E-state index contributed by atoms with van der Waals surface area (Å²) in [4.78, 5) is 28.3.